The Hall–Kier alpha value is -2.34. The van der Waals surface area contributed by atoms with Crippen LogP contribution in [0.5, 0.6) is 0 Å². The fourth-order valence-electron chi connectivity index (χ4n) is 2.55. The second-order valence-electron chi connectivity index (χ2n) is 5.73. The first-order valence-electron chi connectivity index (χ1n) is 7.49. The van der Waals surface area contributed by atoms with Gasteiger partial charge in [-0.15, -0.1) is 0 Å². The van der Waals surface area contributed by atoms with Gasteiger partial charge < -0.3 is 15.1 Å². The molecule has 0 radical (unpaired) electrons. The number of nitrogens with one attached hydrogen (secondary N) is 2. The topological polar surface area (TPSA) is 64.3 Å². The number of rotatable bonds is 3. The minimum Gasteiger partial charge on any atom is -0.369 e. The second kappa shape index (κ2) is 6.19. The predicted octanol–water partition coefficient (Wildman–Crippen LogP) is 1.72. The number of anilines is 2. The Labute approximate surface area is 130 Å². The fourth-order valence-corrected chi connectivity index (χ4v) is 2.55. The van der Waals surface area contributed by atoms with Gasteiger partial charge in [-0.2, -0.15) is 5.10 Å². The number of aromatic amines is 1. The van der Waals surface area contributed by atoms with E-state index in [2.05, 4.69) is 44.5 Å². The van der Waals surface area contributed by atoms with Gasteiger partial charge in [-0.05, 0) is 44.3 Å². The van der Waals surface area contributed by atoms with Gasteiger partial charge in [0, 0.05) is 43.2 Å². The van der Waals surface area contributed by atoms with Crippen LogP contribution in [0.1, 0.15) is 16.2 Å². The molecule has 22 heavy (non-hydrogen) atoms. The molecule has 1 aliphatic rings. The number of nitrogens with zero attached hydrogens (tertiary/aromatic N) is 3. The van der Waals surface area contributed by atoms with Crippen LogP contribution in [0.2, 0.25) is 0 Å². The summed E-state index contributed by atoms with van der Waals surface area (Å²) in [6.07, 6.45) is 0. The average molecular weight is 299 g/mol. The smallest absolute Gasteiger partial charge is 0.276 e. The molecule has 0 saturated carbocycles. The third-order valence-corrected chi connectivity index (χ3v) is 3.93. The highest BCUT2D eigenvalue weighted by atomic mass is 16.1. The highest BCUT2D eigenvalue weighted by molar-refractivity contribution is 6.02. The van der Waals surface area contributed by atoms with Crippen molar-refractivity contribution in [2.24, 2.45) is 0 Å². The van der Waals surface area contributed by atoms with Gasteiger partial charge in [0.05, 0.1) is 0 Å². The van der Waals surface area contributed by atoms with Crippen LogP contribution in [0.25, 0.3) is 0 Å². The van der Waals surface area contributed by atoms with Crippen LogP contribution in [0.4, 0.5) is 11.4 Å². The molecule has 116 valence electrons. The molecule has 2 aromatic rings. The Bertz CT molecular complexity index is 641. The molecule has 1 saturated heterocycles. The number of hydrogen-bond acceptors (Lipinski definition) is 4. The summed E-state index contributed by atoms with van der Waals surface area (Å²) in [6.45, 7) is 6.10. The molecule has 0 aliphatic carbocycles. The third-order valence-electron chi connectivity index (χ3n) is 3.93. The van der Waals surface area contributed by atoms with Crippen LogP contribution in [0, 0.1) is 6.92 Å². The van der Waals surface area contributed by atoms with Crippen molar-refractivity contribution < 1.29 is 4.79 Å². The first kappa shape index (κ1) is 14.6. The highest BCUT2D eigenvalue weighted by Gasteiger charge is 2.14. The maximum atomic E-state index is 12.0. The van der Waals surface area contributed by atoms with Crippen LogP contribution < -0.4 is 10.2 Å². The largest absolute Gasteiger partial charge is 0.369 e. The van der Waals surface area contributed by atoms with Gasteiger partial charge in [0.1, 0.15) is 0 Å². The monoisotopic (exact) mass is 299 g/mol. The number of aromatic nitrogens is 2. The highest BCUT2D eigenvalue weighted by Crippen LogP contribution is 2.19. The molecular formula is C16H21N5O. The van der Waals surface area contributed by atoms with E-state index in [9.17, 15) is 4.79 Å². The van der Waals surface area contributed by atoms with Crippen LogP contribution >= 0.6 is 0 Å². The zero-order chi connectivity index (χ0) is 15.5. The van der Waals surface area contributed by atoms with Crippen molar-refractivity contribution in [1.82, 2.24) is 15.1 Å². The molecule has 0 unspecified atom stereocenters. The molecule has 1 amide bonds. The molecule has 1 aromatic carbocycles. The lowest BCUT2D eigenvalue weighted by atomic mass is 10.2. The van der Waals surface area contributed by atoms with Gasteiger partial charge in [-0.3, -0.25) is 9.89 Å². The van der Waals surface area contributed by atoms with E-state index in [0.717, 1.165) is 37.6 Å². The maximum absolute atomic E-state index is 12.0. The van der Waals surface area contributed by atoms with Crippen molar-refractivity contribution in [3.05, 3.63) is 41.7 Å². The summed E-state index contributed by atoms with van der Waals surface area (Å²) < 4.78 is 0. The molecule has 6 nitrogen and oxygen atoms in total. The van der Waals surface area contributed by atoms with E-state index in [4.69, 9.17) is 0 Å². The Balaban J connectivity index is 1.63. The van der Waals surface area contributed by atoms with Crippen LogP contribution in [0.15, 0.2) is 30.3 Å². The molecular weight excluding hydrogens is 278 g/mol. The molecule has 1 aromatic heterocycles. The standard InChI is InChI=1S/C16H21N5O/c1-12-11-15(19-18-12)16(22)17-13-3-5-14(6-4-13)21-9-7-20(2)8-10-21/h3-6,11H,7-10H2,1-2H3,(H,17,22)(H,18,19). The minimum atomic E-state index is -0.198. The number of benzene rings is 1. The van der Waals surface area contributed by atoms with Gasteiger partial charge in [-0.25, -0.2) is 0 Å². The van der Waals surface area contributed by atoms with Crippen molar-refractivity contribution in [2.45, 2.75) is 6.92 Å². The zero-order valence-electron chi connectivity index (χ0n) is 13.0. The number of hydrogen-bond donors (Lipinski definition) is 2. The summed E-state index contributed by atoms with van der Waals surface area (Å²) in [5, 5.41) is 9.59. The number of aryl methyl sites for hydroxylation is 1. The molecule has 1 aliphatic heterocycles. The van der Waals surface area contributed by atoms with E-state index in [1.165, 1.54) is 5.69 Å². The summed E-state index contributed by atoms with van der Waals surface area (Å²) in [6, 6.07) is 9.71. The lowest BCUT2D eigenvalue weighted by Gasteiger charge is -2.34. The van der Waals surface area contributed by atoms with Gasteiger partial charge in [0.15, 0.2) is 5.69 Å². The van der Waals surface area contributed by atoms with Crippen molar-refractivity contribution in [2.75, 3.05) is 43.4 Å². The maximum Gasteiger partial charge on any atom is 0.276 e. The lowest BCUT2D eigenvalue weighted by molar-refractivity contribution is 0.102. The third kappa shape index (κ3) is 3.28. The van der Waals surface area contributed by atoms with Gasteiger partial charge in [0.25, 0.3) is 5.91 Å². The summed E-state index contributed by atoms with van der Waals surface area (Å²) >= 11 is 0. The fraction of sp³-hybridized carbons (Fsp3) is 0.375. The van der Waals surface area contributed by atoms with Crippen molar-refractivity contribution in [3.8, 4) is 0 Å². The molecule has 0 spiro atoms. The molecule has 0 bridgehead atoms. The van der Waals surface area contributed by atoms with Crippen LogP contribution in [-0.2, 0) is 0 Å². The Kier molecular flexibility index (Phi) is 4.11. The second-order valence-corrected chi connectivity index (χ2v) is 5.73. The number of carbonyl (C=O) groups is 1. The molecule has 1 fully saturated rings. The normalized spacial score (nSPS) is 15.8. The first-order chi connectivity index (χ1) is 10.6. The van der Waals surface area contributed by atoms with Crippen molar-refractivity contribution >= 4 is 17.3 Å². The summed E-state index contributed by atoms with van der Waals surface area (Å²) in [7, 11) is 2.15. The quantitative estimate of drug-likeness (QED) is 0.906. The Morgan fingerprint density at radius 3 is 2.45 bits per heavy atom. The number of carbonyl (C=O) groups excluding carboxylic acids is 1. The number of piperazine rings is 1. The zero-order valence-corrected chi connectivity index (χ0v) is 13.0. The lowest BCUT2D eigenvalue weighted by Crippen LogP contribution is -2.44. The van der Waals surface area contributed by atoms with Crippen LogP contribution in [0.3, 0.4) is 0 Å². The van der Waals surface area contributed by atoms with E-state index in [1.54, 1.807) is 6.07 Å². The van der Waals surface area contributed by atoms with Gasteiger partial charge >= 0.3 is 0 Å². The number of amides is 1. The number of likely N-dealkylation sites (N-methyl/N-ethyl adjacent to an activating group) is 1. The summed E-state index contributed by atoms with van der Waals surface area (Å²) in [4.78, 5) is 16.7. The SMILES string of the molecule is Cc1cc(C(=O)Nc2ccc(N3CCN(C)CC3)cc2)n[nH]1. The minimum absolute atomic E-state index is 0.198. The van der Waals surface area contributed by atoms with Crippen molar-refractivity contribution in [3.63, 3.8) is 0 Å². The number of H-pyrrole nitrogens is 1. The predicted molar refractivity (Wildman–Crippen MR) is 87.4 cm³/mol. The molecule has 2 N–H and O–H groups in total. The molecule has 2 heterocycles. The molecule has 3 rings (SSSR count). The van der Waals surface area contributed by atoms with E-state index in [0.29, 0.717) is 5.69 Å². The summed E-state index contributed by atoms with van der Waals surface area (Å²) in [5.74, 6) is -0.198. The van der Waals surface area contributed by atoms with E-state index < -0.39 is 0 Å². The Morgan fingerprint density at radius 2 is 1.86 bits per heavy atom. The molecule has 6 heteroatoms. The van der Waals surface area contributed by atoms with Gasteiger partial charge in [0.2, 0.25) is 0 Å². The average Bonchev–Trinajstić information content (AvgIpc) is 2.96. The van der Waals surface area contributed by atoms with Crippen molar-refractivity contribution in [1.29, 1.82) is 0 Å². The van der Waals surface area contributed by atoms with E-state index >= 15 is 0 Å². The first-order valence-corrected chi connectivity index (χ1v) is 7.49. The Morgan fingerprint density at radius 1 is 1.18 bits per heavy atom. The van der Waals surface area contributed by atoms with Crippen LogP contribution in [-0.4, -0.2) is 54.2 Å². The summed E-state index contributed by atoms with van der Waals surface area (Å²) in [5.41, 5.74) is 3.25. The molecule has 0 atom stereocenters. The van der Waals surface area contributed by atoms with E-state index in [1.807, 2.05) is 19.1 Å². The van der Waals surface area contributed by atoms with Gasteiger partial charge in [-0.1, -0.05) is 0 Å². The van der Waals surface area contributed by atoms with E-state index in [-0.39, 0.29) is 5.91 Å².